The molecular formula is C53H34N2OS2. The molecule has 0 radical (unpaired) electrons. The first-order valence-electron chi connectivity index (χ1n) is 19.3. The summed E-state index contributed by atoms with van der Waals surface area (Å²) < 4.78 is 11.8. The van der Waals surface area contributed by atoms with Crippen molar-refractivity contribution in [2.24, 2.45) is 9.98 Å². The predicted molar refractivity (Wildman–Crippen MR) is 251 cm³/mol. The maximum absolute atomic E-state index is 6.58. The van der Waals surface area contributed by atoms with Crippen molar-refractivity contribution < 1.29 is 4.42 Å². The van der Waals surface area contributed by atoms with E-state index in [0.717, 1.165) is 44.5 Å². The van der Waals surface area contributed by atoms with Gasteiger partial charge in [0.1, 0.15) is 17.0 Å². The lowest BCUT2D eigenvalue weighted by Gasteiger charge is -2.11. The largest absolute Gasteiger partial charge is 0.452 e. The number of aliphatic imine (C=N–C) groups is 2. The van der Waals surface area contributed by atoms with Gasteiger partial charge in [-0.15, -0.1) is 22.7 Å². The second kappa shape index (κ2) is 13.9. The van der Waals surface area contributed by atoms with E-state index in [4.69, 9.17) is 9.41 Å². The SMILES string of the molecule is C=Nc1c(C(=NC)c2cccc(-c3cccc(-c4cccc(-c5cccc6c5sc5ccccc56)c4)c3)c2)oc2ccc(-c3cccc4c3sc3ccccc34)cc12. The summed E-state index contributed by atoms with van der Waals surface area (Å²) in [7, 11) is 1.81. The molecule has 0 aliphatic heterocycles. The van der Waals surface area contributed by atoms with Crippen LogP contribution in [0.3, 0.4) is 0 Å². The maximum atomic E-state index is 6.58. The van der Waals surface area contributed by atoms with Crippen molar-refractivity contribution in [1.29, 1.82) is 0 Å². The van der Waals surface area contributed by atoms with Gasteiger partial charge in [-0.25, -0.2) is 0 Å². The Morgan fingerprint density at radius 1 is 0.466 bits per heavy atom. The van der Waals surface area contributed by atoms with E-state index < -0.39 is 0 Å². The molecule has 3 nitrogen and oxygen atoms in total. The minimum Gasteiger partial charge on any atom is -0.452 e. The second-order valence-corrected chi connectivity index (χ2v) is 16.6. The van der Waals surface area contributed by atoms with Crippen LogP contribution in [-0.2, 0) is 0 Å². The van der Waals surface area contributed by atoms with Crippen molar-refractivity contribution in [2.75, 3.05) is 7.05 Å². The van der Waals surface area contributed by atoms with Crippen LogP contribution in [0.1, 0.15) is 11.3 Å². The zero-order chi connectivity index (χ0) is 38.7. The molecule has 58 heavy (non-hydrogen) atoms. The molecule has 0 saturated carbocycles. The molecule has 0 amide bonds. The van der Waals surface area contributed by atoms with Gasteiger partial charge in [-0.3, -0.25) is 9.98 Å². The Morgan fingerprint density at radius 2 is 0.966 bits per heavy atom. The van der Waals surface area contributed by atoms with Crippen LogP contribution in [0.5, 0.6) is 0 Å². The summed E-state index contributed by atoms with van der Waals surface area (Å²) >= 11 is 3.70. The Hall–Kier alpha value is -6.92. The number of rotatable bonds is 7. The number of furan rings is 1. The first-order valence-corrected chi connectivity index (χ1v) is 20.9. The van der Waals surface area contributed by atoms with Gasteiger partial charge in [0.05, 0.1) is 0 Å². The van der Waals surface area contributed by atoms with E-state index in [2.05, 4.69) is 182 Å². The predicted octanol–water partition coefficient (Wildman–Crippen LogP) is 15.6. The fraction of sp³-hybridized carbons (Fsp3) is 0.0189. The average molecular weight is 779 g/mol. The van der Waals surface area contributed by atoms with Crippen molar-refractivity contribution >= 4 is 92.1 Å². The van der Waals surface area contributed by atoms with Crippen LogP contribution >= 0.6 is 22.7 Å². The van der Waals surface area contributed by atoms with Crippen molar-refractivity contribution in [3.8, 4) is 44.5 Å². The molecule has 11 aromatic rings. The highest BCUT2D eigenvalue weighted by atomic mass is 32.1. The standard InChI is InChI=1S/C53H34N2OS2/c1-54-49(51-50(55-2)45-31-37(26-27-46(45)56-51)40-21-11-23-44-42-19-4-6-25-48(42)58-53(40)44)38-17-9-15-35(30-38)33-13-7-12-32(28-33)34-14-8-16-36(29-34)39-20-10-22-43-41-18-3-5-24-47(41)57-52(39)43/h3-31H,2H2,1H3. The molecule has 0 bridgehead atoms. The van der Waals surface area contributed by atoms with Crippen molar-refractivity contribution in [2.45, 2.75) is 0 Å². The van der Waals surface area contributed by atoms with E-state index in [1.54, 1.807) is 0 Å². The highest BCUT2D eigenvalue weighted by Crippen LogP contribution is 2.44. The Balaban J connectivity index is 0.938. The minimum atomic E-state index is 0.612. The smallest absolute Gasteiger partial charge is 0.179 e. The molecule has 0 N–H and O–H groups in total. The van der Waals surface area contributed by atoms with Gasteiger partial charge in [-0.1, -0.05) is 133 Å². The van der Waals surface area contributed by atoms with Gasteiger partial charge in [0, 0.05) is 58.3 Å². The molecule has 8 aromatic carbocycles. The lowest BCUT2D eigenvalue weighted by molar-refractivity contribution is 0.606. The third-order valence-electron chi connectivity index (χ3n) is 11.2. The number of hydrogen-bond acceptors (Lipinski definition) is 5. The van der Waals surface area contributed by atoms with Crippen LogP contribution < -0.4 is 0 Å². The fourth-order valence-corrected chi connectivity index (χ4v) is 10.9. The van der Waals surface area contributed by atoms with Gasteiger partial charge in [0.2, 0.25) is 0 Å². The Morgan fingerprint density at radius 3 is 1.57 bits per heavy atom. The molecule has 0 atom stereocenters. The average Bonchev–Trinajstić information content (AvgIpc) is 3.98. The van der Waals surface area contributed by atoms with E-state index in [9.17, 15) is 0 Å². The normalized spacial score (nSPS) is 12.1. The Kier molecular flexibility index (Phi) is 8.24. The van der Waals surface area contributed by atoms with Crippen LogP contribution in [0.4, 0.5) is 5.69 Å². The topological polar surface area (TPSA) is 37.9 Å². The molecule has 5 heteroatoms. The summed E-state index contributed by atoms with van der Waals surface area (Å²) in [5.74, 6) is 0.612. The minimum absolute atomic E-state index is 0.612. The Bertz CT molecular complexity index is 3450. The summed E-state index contributed by atoms with van der Waals surface area (Å²) in [5, 5.41) is 6.10. The van der Waals surface area contributed by atoms with E-state index in [1.807, 2.05) is 35.8 Å². The quantitative estimate of drug-likeness (QED) is 0.149. The van der Waals surface area contributed by atoms with E-state index in [1.165, 1.54) is 62.6 Å². The highest BCUT2D eigenvalue weighted by Gasteiger charge is 2.21. The monoisotopic (exact) mass is 778 g/mol. The number of fused-ring (bicyclic) bond motifs is 7. The first kappa shape index (κ1) is 34.3. The van der Waals surface area contributed by atoms with Crippen LogP contribution in [0.15, 0.2) is 190 Å². The maximum Gasteiger partial charge on any atom is 0.179 e. The molecule has 0 aliphatic carbocycles. The molecule has 274 valence electrons. The zero-order valence-electron chi connectivity index (χ0n) is 31.6. The molecular weight excluding hydrogens is 745 g/mol. The third-order valence-corrected chi connectivity index (χ3v) is 13.7. The molecule has 11 rings (SSSR count). The van der Waals surface area contributed by atoms with Crippen LogP contribution in [0.25, 0.3) is 95.8 Å². The Labute approximate surface area is 343 Å². The lowest BCUT2D eigenvalue weighted by atomic mass is 9.94. The van der Waals surface area contributed by atoms with Gasteiger partial charge in [-0.05, 0) is 93.7 Å². The number of thiophene rings is 2. The highest BCUT2D eigenvalue weighted by molar-refractivity contribution is 7.26. The summed E-state index contributed by atoms with van der Waals surface area (Å²) in [6, 6.07) is 63.1. The lowest BCUT2D eigenvalue weighted by Crippen LogP contribution is -2.02. The van der Waals surface area contributed by atoms with Gasteiger partial charge in [-0.2, -0.15) is 0 Å². The van der Waals surface area contributed by atoms with Crippen LogP contribution in [0.2, 0.25) is 0 Å². The third kappa shape index (κ3) is 5.62. The molecule has 0 spiro atoms. The number of nitrogens with zero attached hydrogens (tertiary/aromatic N) is 2. The number of hydrogen-bond donors (Lipinski definition) is 0. The molecule has 3 heterocycles. The van der Waals surface area contributed by atoms with Gasteiger partial charge < -0.3 is 4.42 Å². The van der Waals surface area contributed by atoms with Crippen molar-refractivity contribution in [3.05, 3.63) is 187 Å². The fourth-order valence-electron chi connectivity index (χ4n) is 8.47. The zero-order valence-corrected chi connectivity index (χ0v) is 33.2. The molecule has 0 unspecified atom stereocenters. The van der Waals surface area contributed by atoms with Gasteiger partial charge >= 0.3 is 0 Å². The van der Waals surface area contributed by atoms with E-state index >= 15 is 0 Å². The molecule has 3 aromatic heterocycles. The van der Waals surface area contributed by atoms with Gasteiger partial charge in [0.15, 0.2) is 5.76 Å². The number of benzene rings is 8. The summed E-state index contributed by atoms with van der Waals surface area (Å²) in [5.41, 5.74) is 12.5. The van der Waals surface area contributed by atoms with E-state index in [-0.39, 0.29) is 0 Å². The van der Waals surface area contributed by atoms with Gasteiger partial charge in [0.25, 0.3) is 0 Å². The van der Waals surface area contributed by atoms with Crippen LogP contribution in [-0.4, -0.2) is 19.5 Å². The molecule has 0 fully saturated rings. The second-order valence-electron chi connectivity index (χ2n) is 14.5. The van der Waals surface area contributed by atoms with Crippen molar-refractivity contribution in [1.82, 2.24) is 0 Å². The van der Waals surface area contributed by atoms with E-state index in [0.29, 0.717) is 11.4 Å². The summed E-state index contributed by atoms with van der Waals surface area (Å²) in [6.45, 7) is 4.00. The van der Waals surface area contributed by atoms with Crippen LogP contribution in [0, 0.1) is 0 Å². The van der Waals surface area contributed by atoms with Crippen molar-refractivity contribution in [3.63, 3.8) is 0 Å². The molecule has 0 saturated heterocycles. The first-order chi connectivity index (χ1) is 28.6. The summed E-state index contributed by atoms with van der Waals surface area (Å²) in [6.07, 6.45) is 0. The summed E-state index contributed by atoms with van der Waals surface area (Å²) in [4.78, 5) is 9.34. The molecule has 0 aliphatic rings.